The number of nitrogens with one attached hydrogen (secondary N) is 1. The van der Waals surface area contributed by atoms with Crippen LogP contribution < -0.4 is 15.0 Å². The van der Waals surface area contributed by atoms with Gasteiger partial charge < -0.3 is 15.0 Å². The summed E-state index contributed by atoms with van der Waals surface area (Å²) in [5.41, 5.74) is 1.95. The van der Waals surface area contributed by atoms with Gasteiger partial charge in [-0.1, -0.05) is 24.3 Å². The van der Waals surface area contributed by atoms with Crippen molar-refractivity contribution in [3.05, 3.63) is 48.5 Å². The van der Waals surface area contributed by atoms with Gasteiger partial charge in [-0.05, 0) is 31.2 Å². The molecule has 25 heavy (non-hydrogen) atoms. The first kappa shape index (κ1) is 15.8. The Kier molecular flexibility index (Phi) is 4.24. The first-order valence-electron chi connectivity index (χ1n) is 8.64. The number of ether oxygens (including phenoxy) is 1. The van der Waals surface area contributed by atoms with E-state index < -0.39 is 0 Å². The van der Waals surface area contributed by atoms with Gasteiger partial charge in [0.25, 0.3) is 0 Å². The Hall–Kier alpha value is -2.66. The van der Waals surface area contributed by atoms with Gasteiger partial charge in [-0.3, -0.25) is 0 Å². The molecule has 1 fully saturated rings. The van der Waals surface area contributed by atoms with E-state index in [4.69, 9.17) is 4.74 Å². The molecule has 128 valence electrons. The van der Waals surface area contributed by atoms with Gasteiger partial charge in [0.1, 0.15) is 11.4 Å². The molecule has 1 aliphatic rings. The Morgan fingerprint density at radius 1 is 1.04 bits per heavy atom. The lowest BCUT2D eigenvalue weighted by atomic mass is 10.0. The number of fused-ring (bicyclic) bond motifs is 1. The molecule has 2 aromatic carbocycles. The van der Waals surface area contributed by atoms with E-state index in [1.807, 2.05) is 24.3 Å². The zero-order valence-corrected chi connectivity index (χ0v) is 14.6. The maximum atomic E-state index is 5.25. The average Bonchev–Trinajstić information content (AvgIpc) is 2.67. The number of hydrogen-bond acceptors (Lipinski definition) is 5. The van der Waals surface area contributed by atoms with Gasteiger partial charge in [-0.15, -0.1) is 10.2 Å². The first-order chi connectivity index (χ1) is 12.3. The van der Waals surface area contributed by atoms with Crippen LogP contribution in [0.15, 0.2) is 48.5 Å². The minimum absolute atomic E-state index is 0.454. The van der Waals surface area contributed by atoms with Crippen LogP contribution in [0.1, 0.15) is 6.92 Å². The molecule has 4 rings (SSSR count). The molecule has 5 nitrogen and oxygen atoms in total. The molecule has 1 saturated heterocycles. The van der Waals surface area contributed by atoms with Gasteiger partial charge in [0.05, 0.1) is 7.11 Å². The van der Waals surface area contributed by atoms with Crippen molar-refractivity contribution in [1.29, 1.82) is 0 Å². The van der Waals surface area contributed by atoms with Crippen molar-refractivity contribution in [1.82, 2.24) is 15.5 Å². The molecule has 0 aliphatic carbocycles. The number of nitrogens with zero attached hydrogens (tertiary/aromatic N) is 3. The molecule has 3 aromatic rings. The summed E-state index contributed by atoms with van der Waals surface area (Å²) in [6, 6.07) is 16.8. The summed E-state index contributed by atoms with van der Waals surface area (Å²) in [5.74, 6) is 1.81. The number of piperazine rings is 1. The van der Waals surface area contributed by atoms with Crippen LogP contribution in [-0.4, -0.2) is 43.0 Å². The molecule has 1 atom stereocenters. The van der Waals surface area contributed by atoms with Crippen molar-refractivity contribution in [2.75, 3.05) is 31.6 Å². The third-order valence-corrected chi connectivity index (χ3v) is 4.70. The summed E-state index contributed by atoms with van der Waals surface area (Å²) in [5, 5.41) is 14.9. The summed E-state index contributed by atoms with van der Waals surface area (Å²) in [6.45, 7) is 5.07. The van der Waals surface area contributed by atoms with Gasteiger partial charge in [0, 0.05) is 42.0 Å². The van der Waals surface area contributed by atoms with Crippen molar-refractivity contribution in [3.8, 4) is 17.0 Å². The van der Waals surface area contributed by atoms with Crippen LogP contribution in [0.25, 0.3) is 22.0 Å². The molecule has 0 amide bonds. The van der Waals surface area contributed by atoms with E-state index in [1.165, 1.54) is 0 Å². The maximum absolute atomic E-state index is 5.25. The van der Waals surface area contributed by atoms with Crippen molar-refractivity contribution < 1.29 is 4.74 Å². The fraction of sp³-hybridized carbons (Fsp3) is 0.300. The van der Waals surface area contributed by atoms with Crippen LogP contribution in [0.5, 0.6) is 5.75 Å². The van der Waals surface area contributed by atoms with Gasteiger partial charge >= 0.3 is 0 Å². The van der Waals surface area contributed by atoms with Crippen LogP contribution in [-0.2, 0) is 0 Å². The molecular formula is C20H22N4O. The van der Waals surface area contributed by atoms with Gasteiger partial charge in [0.2, 0.25) is 0 Å². The third-order valence-electron chi connectivity index (χ3n) is 4.70. The second-order valence-electron chi connectivity index (χ2n) is 6.45. The van der Waals surface area contributed by atoms with Gasteiger partial charge in [-0.2, -0.15) is 0 Å². The maximum Gasteiger partial charge on any atom is 0.159 e. The van der Waals surface area contributed by atoms with Gasteiger partial charge in [-0.25, -0.2) is 0 Å². The Labute approximate surface area is 147 Å². The summed E-state index contributed by atoms with van der Waals surface area (Å²) in [7, 11) is 1.67. The zero-order valence-electron chi connectivity index (χ0n) is 14.6. The van der Waals surface area contributed by atoms with Crippen molar-refractivity contribution in [3.63, 3.8) is 0 Å². The normalized spacial score (nSPS) is 17.7. The van der Waals surface area contributed by atoms with Crippen molar-refractivity contribution in [2.24, 2.45) is 0 Å². The summed E-state index contributed by atoms with van der Waals surface area (Å²) >= 11 is 0. The first-order valence-corrected chi connectivity index (χ1v) is 8.64. The monoisotopic (exact) mass is 334 g/mol. The lowest BCUT2D eigenvalue weighted by molar-refractivity contribution is 0.415. The fourth-order valence-electron chi connectivity index (χ4n) is 3.41. The lowest BCUT2D eigenvalue weighted by Gasteiger charge is -2.33. The Morgan fingerprint density at radius 2 is 1.80 bits per heavy atom. The summed E-state index contributed by atoms with van der Waals surface area (Å²) < 4.78 is 5.25. The van der Waals surface area contributed by atoms with Crippen LogP contribution in [0, 0.1) is 0 Å². The standard InChI is InChI=1S/C20H22N4O/c1-14-13-24(12-11-21-14)20-18-6-4-3-5-17(18)19(22-23-20)15-7-9-16(25-2)10-8-15/h3-10,14,21H,11-13H2,1-2H3. The van der Waals surface area contributed by atoms with E-state index in [9.17, 15) is 0 Å². The van der Waals surface area contributed by atoms with E-state index in [1.54, 1.807) is 7.11 Å². The fourth-order valence-corrected chi connectivity index (χ4v) is 3.41. The Morgan fingerprint density at radius 3 is 2.52 bits per heavy atom. The molecule has 1 aliphatic heterocycles. The highest BCUT2D eigenvalue weighted by Gasteiger charge is 2.20. The molecular weight excluding hydrogens is 312 g/mol. The SMILES string of the molecule is COc1ccc(-c2nnc(N3CCNC(C)C3)c3ccccc23)cc1. The highest BCUT2D eigenvalue weighted by molar-refractivity contribution is 6.00. The minimum Gasteiger partial charge on any atom is -0.497 e. The molecule has 2 heterocycles. The highest BCUT2D eigenvalue weighted by Crippen LogP contribution is 2.32. The van der Waals surface area contributed by atoms with E-state index in [2.05, 4.69) is 51.6 Å². The largest absolute Gasteiger partial charge is 0.497 e. The summed E-state index contributed by atoms with van der Waals surface area (Å²) in [6.07, 6.45) is 0. The second-order valence-corrected chi connectivity index (χ2v) is 6.45. The molecule has 1 aromatic heterocycles. The van der Waals surface area contributed by atoms with E-state index >= 15 is 0 Å². The number of benzene rings is 2. The Bertz CT molecular complexity index is 879. The van der Waals surface area contributed by atoms with Gasteiger partial charge in [0.15, 0.2) is 5.82 Å². The quantitative estimate of drug-likeness (QED) is 0.798. The van der Waals surface area contributed by atoms with E-state index in [-0.39, 0.29) is 0 Å². The van der Waals surface area contributed by atoms with Crippen LogP contribution in [0.2, 0.25) is 0 Å². The molecule has 0 spiro atoms. The zero-order chi connectivity index (χ0) is 17.2. The third kappa shape index (κ3) is 3.03. The molecule has 1 N–H and O–H groups in total. The molecule has 0 saturated carbocycles. The van der Waals surface area contributed by atoms with Crippen LogP contribution in [0.3, 0.4) is 0 Å². The molecule has 1 unspecified atom stereocenters. The Balaban J connectivity index is 1.81. The average molecular weight is 334 g/mol. The van der Waals surface area contributed by atoms with E-state index in [0.717, 1.165) is 53.2 Å². The summed E-state index contributed by atoms with van der Waals surface area (Å²) in [4.78, 5) is 2.33. The van der Waals surface area contributed by atoms with E-state index in [0.29, 0.717) is 6.04 Å². The van der Waals surface area contributed by atoms with Crippen molar-refractivity contribution >= 4 is 16.6 Å². The van der Waals surface area contributed by atoms with Crippen LogP contribution >= 0.6 is 0 Å². The van der Waals surface area contributed by atoms with Crippen molar-refractivity contribution in [2.45, 2.75) is 13.0 Å². The molecule has 0 bridgehead atoms. The smallest absolute Gasteiger partial charge is 0.159 e. The number of anilines is 1. The number of methoxy groups -OCH3 is 1. The predicted molar refractivity (Wildman–Crippen MR) is 101 cm³/mol. The molecule has 0 radical (unpaired) electrons. The number of hydrogen-bond donors (Lipinski definition) is 1. The topological polar surface area (TPSA) is 50.3 Å². The highest BCUT2D eigenvalue weighted by atomic mass is 16.5. The second kappa shape index (κ2) is 6.69. The van der Waals surface area contributed by atoms with Crippen LogP contribution in [0.4, 0.5) is 5.82 Å². The number of rotatable bonds is 3. The molecule has 5 heteroatoms. The predicted octanol–water partition coefficient (Wildman–Crippen LogP) is 3.10. The minimum atomic E-state index is 0.454. The lowest BCUT2D eigenvalue weighted by Crippen LogP contribution is -2.49. The number of aromatic nitrogens is 2.